The molecule has 0 saturated heterocycles. The highest BCUT2D eigenvalue weighted by Crippen LogP contribution is 2.23. The number of anilines is 1. The van der Waals surface area contributed by atoms with Gasteiger partial charge >= 0.3 is 0 Å². The number of halogens is 3. The number of hydrogen-bond donors (Lipinski definition) is 1. The van der Waals surface area contributed by atoms with Crippen molar-refractivity contribution in [1.82, 2.24) is 0 Å². The Labute approximate surface area is 114 Å². The lowest BCUT2D eigenvalue weighted by Crippen LogP contribution is -2.16. The van der Waals surface area contributed by atoms with E-state index in [1.54, 1.807) is 25.1 Å². The van der Waals surface area contributed by atoms with Gasteiger partial charge in [-0.2, -0.15) is 0 Å². The van der Waals surface area contributed by atoms with Crippen molar-refractivity contribution in [2.75, 3.05) is 4.72 Å². The predicted molar refractivity (Wildman–Crippen MR) is 68.3 cm³/mol. The number of rotatable bonds is 3. The maximum atomic E-state index is 13.5. The van der Waals surface area contributed by atoms with Crippen LogP contribution in [0.1, 0.15) is 5.56 Å². The van der Waals surface area contributed by atoms with Gasteiger partial charge < -0.3 is 0 Å². The first-order valence-corrected chi connectivity index (χ1v) is 7.03. The maximum absolute atomic E-state index is 13.5. The summed E-state index contributed by atoms with van der Waals surface area (Å²) in [6.45, 7) is 1.65. The van der Waals surface area contributed by atoms with Crippen LogP contribution in [0, 0.1) is 24.4 Å². The SMILES string of the molecule is Cc1ccccc1NS(=O)(=O)c1ccc(F)c(F)c1F. The molecule has 0 fully saturated rings. The Kier molecular flexibility index (Phi) is 3.71. The molecule has 0 spiro atoms. The molecule has 2 aromatic rings. The molecule has 0 atom stereocenters. The molecular formula is C13H10F3NO2S. The molecule has 0 aliphatic heterocycles. The Morgan fingerprint density at radius 2 is 1.60 bits per heavy atom. The van der Waals surface area contributed by atoms with Gasteiger partial charge in [0, 0.05) is 0 Å². The highest BCUT2D eigenvalue weighted by Gasteiger charge is 2.24. The molecule has 0 unspecified atom stereocenters. The molecule has 0 amide bonds. The van der Waals surface area contributed by atoms with Gasteiger partial charge in [-0.1, -0.05) is 18.2 Å². The van der Waals surface area contributed by atoms with Gasteiger partial charge in [0.2, 0.25) is 0 Å². The quantitative estimate of drug-likeness (QED) is 0.885. The molecule has 0 aliphatic rings. The van der Waals surface area contributed by atoms with Crippen LogP contribution in [0.2, 0.25) is 0 Å². The van der Waals surface area contributed by atoms with Crippen molar-refractivity contribution in [2.24, 2.45) is 0 Å². The summed E-state index contributed by atoms with van der Waals surface area (Å²) in [5.74, 6) is -5.01. The summed E-state index contributed by atoms with van der Waals surface area (Å²) in [5.41, 5.74) is 0.843. The van der Waals surface area contributed by atoms with Crippen molar-refractivity contribution in [2.45, 2.75) is 11.8 Å². The third-order valence-corrected chi connectivity index (χ3v) is 4.06. The van der Waals surface area contributed by atoms with Gasteiger partial charge in [-0.25, -0.2) is 21.6 Å². The van der Waals surface area contributed by atoms with Gasteiger partial charge in [0.05, 0.1) is 5.69 Å². The molecule has 20 heavy (non-hydrogen) atoms. The molecule has 0 saturated carbocycles. The van der Waals surface area contributed by atoms with Gasteiger partial charge in [-0.15, -0.1) is 0 Å². The second kappa shape index (κ2) is 5.16. The van der Waals surface area contributed by atoms with E-state index in [-0.39, 0.29) is 5.69 Å². The van der Waals surface area contributed by atoms with Crippen molar-refractivity contribution in [1.29, 1.82) is 0 Å². The minimum atomic E-state index is -4.34. The summed E-state index contributed by atoms with van der Waals surface area (Å²) < 4.78 is 65.6. The van der Waals surface area contributed by atoms with Crippen molar-refractivity contribution in [3.05, 3.63) is 59.4 Å². The van der Waals surface area contributed by atoms with E-state index in [4.69, 9.17) is 0 Å². The van der Waals surface area contributed by atoms with Gasteiger partial charge in [0.1, 0.15) is 4.90 Å². The highest BCUT2D eigenvalue weighted by molar-refractivity contribution is 7.92. The zero-order chi connectivity index (χ0) is 14.9. The fourth-order valence-electron chi connectivity index (χ4n) is 1.60. The summed E-state index contributed by atoms with van der Waals surface area (Å²) in [4.78, 5) is -0.945. The van der Waals surface area contributed by atoms with E-state index in [1.165, 1.54) is 6.07 Å². The molecule has 0 aromatic heterocycles. The summed E-state index contributed by atoms with van der Waals surface area (Å²) in [7, 11) is -4.34. The van der Waals surface area contributed by atoms with E-state index < -0.39 is 32.4 Å². The van der Waals surface area contributed by atoms with E-state index in [0.717, 1.165) is 0 Å². The van der Waals surface area contributed by atoms with Crippen LogP contribution in [-0.2, 0) is 10.0 Å². The summed E-state index contributed by atoms with van der Waals surface area (Å²) in [6.07, 6.45) is 0. The molecule has 2 aromatic carbocycles. The normalized spacial score (nSPS) is 11.4. The van der Waals surface area contributed by atoms with Crippen molar-refractivity contribution < 1.29 is 21.6 Å². The Bertz CT molecular complexity index is 760. The van der Waals surface area contributed by atoms with Crippen LogP contribution in [0.25, 0.3) is 0 Å². The zero-order valence-electron chi connectivity index (χ0n) is 10.3. The zero-order valence-corrected chi connectivity index (χ0v) is 11.1. The van der Waals surface area contributed by atoms with Gasteiger partial charge in [0.15, 0.2) is 17.5 Å². The Hall–Kier alpha value is -2.02. The third-order valence-electron chi connectivity index (χ3n) is 2.68. The fraction of sp³-hybridized carbons (Fsp3) is 0.0769. The molecule has 106 valence electrons. The molecule has 0 aliphatic carbocycles. The number of nitrogens with one attached hydrogen (secondary N) is 1. The van der Waals surface area contributed by atoms with E-state index in [1.807, 2.05) is 0 Å². The molecule has 0 heterocycles. The van der Waals surface area contributed by atoms with Gasteiger partial charge in [-0.3, -0.25) is 4.72 Å². The topological polar surface area (TPSA) is 46.2 Å². The molecule has 0 bridgehead atoms. The number of aryl methyl sites for hydroxylation is 1. The van der Waals surface area contributed by atoms with Gasteiger partial charge in [-0.05, 0) is 30.7 Å². The molecule has 0 radical (unpaired) electrons. The Balaban J connectivity index is 2.47. The van der Waals surface area contributed by atoms with E-state index in [9.17, 15) is 21.6 Å². The lowest BCUT2D eigenvalue weighted by molar-refractivity contribution is 0.432. The second-order valence-electron chi connectivity index (χ2n) is 4.09. The molecule has 3 nitrogen and oxygen atoms in total. The monoisotopic (exact) mass is 301 g/mol. The smallest absolute Gasteiger partial charge is 0.264 e. The van der Waals surface area contributed by atoms with E-state index in [0.29, 0.717) is 17.7 Å². The first kappa shape index (κ1) is 14.4. The van der Waals surface area contributed by atoms with E-state index >= 15 is 0 Å². The van der Waals surface area contributed by atoms with Crippen molar-refractivity contribution >= 4 is 15.7 Å². The van der Waals surface area contributed by atoms with Gasteiger partial charge in [0.25, 0.3) is 10.0 Å². The average Bonchev–Trinajstić information content (AvgIpc) is 2.38. The summed E-state index contributed by atoms with van der Waals surface area (Å²) in [5, 5.41) is 0. The van der Waals surface area contributed by atoms with E-state index in [2.05, 4.69) is 4.72 Å². The first-order valence-electron chi connectivity index (χ1n) is 5.55. The first-order chi connectivity index (χ1) is 9.33. The lowest BCUT2D eigenvalue weighted by Gasteiger charge is -2.11. The molecular weight excluding hydrogens is 291 g/mol. The molecule has 2 rings (SSSR count). The second-order valence-corrected chi connectivity index (χ2v) is 5.74. The molecule has 1 N–H and O–H groups in total. The van der Waals surface area contributed by atoms with Crippen LogP contribution >= 0.6 is 0 Å². The minimum Gasteiger partial charge on any atom is -0.279 e. The Morgan fingerprint density at radius 3 is 2.25 bits per heavy atom. The highest BCUT2D eigenvalue weighted by atomic mass is 32.2. The average molecular weight is 301 g/mol. The van der Waals surface area contributed by atoms with Crippen LogP contribution < -0.4 is 4.72 Å². The summed E-state index contributed by atoms with van der Waals surface area (Å²) >= 11 is 0. The standard InChI is InChI=1S/C13H10F3NO2S/c1-8-4-2-3-5-10(8)17-20(18,19)11-7-6-9(14)12(15)13(11)16/h2-7,17H,1H3. The fourth-order valence-corrected chi connectivity index (χ4v) is 2.80. The van der Waals surface area contributed by atoms with Crippen LogP contribution in [0.5, 0.6) is 0 Å². The summed E-state index contributed by atoms with van der Waals surface area (Å²) in [6, 6.07) is 7.65. The largest absolute Gasteiger partial charge is 0.279 e. The third kappa shape index (κ3) is 2.62. The number of para-hydroxylation sites is 1. The number of sulfonamides is 1. The van der Waals surface area contributed by atoms with Crippen LogP contribution in [0.3, 0.4) is 0 Å². The minimum absolute atomic E-state index is 0.233. The van der Waals surface area contributed by atoms with Crippen LogP contribution in [-0.4, -0.2) is 8.42 Å². The lowest BCUT2D eigenvalue weighted by atomic mass is 10.2. The molecule has 7 heteroatoms. The Morgan fingerprint density at radius 1 is 0.950 bits per heavy atom. The van der Waals surface area contributed by atoms with Crippen LogP contribution in [0.4, 0.5) is 18.9 Å². The maximum Gasteiger partial charge on any atom is 0.264 e. The predicted octanol–water partition coefficient (Wildman–Crippen LogP) is 3.21. The number of benzene rings is 2. The van der Waals surface area contributed by atoms with Crippen LogP contribution in [0.15, 0.2) is 41.3 Å². The van der Waals surface area contributed by atoms with Crippen molar-refractivity contribution in [3.8, 4) is 0 Å². The van der Waals surface area contributed by atoms with Crippen molar-refractivity contribution in [3.63, 3.8) is 0 Å². The number of hydrogen-bond acceptors (Lipinski definition) is 2.